The Balaban J connectivity index is 2.67. The molecule has 0 saturated carbocycles. The van der Waals surface area contributed by atoms with E-state index in [0.717, 1.165) is 0 Å². The molecule has 0 fully saturated rings. The van der Waals surface area contributed by atoms with Crippen LogP contribution in [0.1, 0.15) is 31.2 Å². The molecule has 1 aromatic carbocycles. The second-order valence-corrected chi connectivity index (χ2v) is 5.16. The Morgan fingerprint density at radius 2 is 1.95 bits per heavy atom. The smallest absolute Gasteiger partial charge is 0.134 e. The van der Waals surface area contributed by atoms with Gasteiger partial charge in [0.25, 0.3) is 0 Å². The zero-order chi connectivity index (χ0) is 14.2. The third kappa shape index (κ3) is 2.68. The van der Waals surface area contributed by atoms with Gasteiger partial charge >= 0.3 is 0 Å². The maximum atomic E-state index is 14.0. The topological polar surface area (TPSA) is 51.8 Å². The summed E-state index contributed by atoms with van der Waals surface area (Å²) >= 11 is 5.76. The number of nitrogens with two attached hydrogens (primary N) is 1. The molecule has 0 spiro atoms. The van der Waals surface area contributed by atoms with E-state index >= 15 is 0 Å². The van der Waals surface area contributed by atoms with Crippen LogP contribution >= 0.6 is 11.6 Å². The monoisotopic (exact) mass is 279 g/mol. The van der Waals surface area contributed by atoms with Gasteiger partial charge in [-0.15, -0.1) is 0 Å². The van der Waals surface area contributed by atoms with Crippen LogP contribution in [0.5, 0.6) is 0 Å². The van der Waals surface area contributed by atoms with Crippen molar-refractivity contribution in [3.63, 3.8) is 0 Å². The molecule has 5 heteroatoms. The Hall–Kier alpha value is -1.68. The summed E-state index contributed by atoms with van der Waals surface area (Å²) in [4.78, 5) is 8.64. The molecule has 19 heavy (non-hydrogen) atoms. The number of halogens is 2. The largest absolute Gasteiger partial charge is 0.383 e. The van der Waals surface area contributed by atoms with Gasteiger partial charge in [-0.25, -0.2) is 14.4 Å². The average molecular weight is 280 g/mol. The number of hydrogen-bond donors (Lipinski definition) is 1. The highest BCUT2D eigenvalue weighted by atomic mass is 35.5. The summed E-state index contributed by atoms with van der Waals surface area (Å²) in [5.74, 6) is 0.691. The molecule has 0 aliphatic rings. The number of rotatable bonds is 2. The van der Waals surface area contributed by atoms with E-state index in [0.29, 0.717) is 33.5 Å². The maximum Gasteiger partial charge on any atom is 0.134 e. The van der Waals surface area contributed by atoms with Gasteiger partial charge in [-0.3, -0.25) is 0 Å². The molecule has 1 heterocycles. The number of aromatic nitrogens is 2. The minimum Gasteiger partial charge on any atom is -0.383 e. The summed E-state index contributed by atoms with van der Waals surface area (Å²) in [7, 11) is 0. The van der Waals surface area contributed by atoms with Crippen molar-refractivity contribution in [2.45, 2.75) is 26.7 Å². The minimum absolute atomic E-state index is 0.122. The molecule has 2 aromatic rings. The zero-order valence-electron chi connectivity index (χ0n) is 11.0. The molecule has 0 atom stereocenters. The molecule has 1 aromatic heterocycles. The van der Waals surface area contributed by atoms with Crippen molar-refractivity contribution in [1.29, 1.82) is 0 Å². The van der Waals surface area contributed by atoms with Crippen LogP contribution in [0.4, 0.5) is 10.2 Å². The van der Waals surface area contributed by atoms with Crippen molar-refractivity contribution in [2.24, 2.45) is 0 Å². The van der Waals surface area contributed by atoms with Crippen molar-refractivity contribution in [3.05, 3.63) is 40.4 Å². The second-order valence-electron chi connectivity index (χ2n) is 4.72. The Morgan fingerprint density at radius 3 is 2.53 bits per heavy atom. The lowest BCUT2D eigenvalue weighted by molar-refractivity contribution is 0.630. The molecule has 0 aliphatic heterocycles. The van der Waals surface area contributed by atoms with E-state index in [9.17, 15) is 4.39 Å². The molecule has 0 saturated heterocycles. The molecule has 100 valence electrons. The SMILES string of the molecule is Cc1c(N)nc(C(C)C)nc1-c1ccc(Cl)cc1F. The molecule has 0 radical (unpaired) electrons. The van der Waals surface area contributed by atoms with Gasteiger partial charge in [0, 0.05) is 22.1 Å². The fourth-order valence-electron chi connectivity index (χ4n) is 1.75. The standard InChI is InChI=1S/C14H15ClFN3/c1-7(2)14-18-12(8(3)13(17)19-14)10-5-4-9(15)6-11(10)16/h4-7H,1-3H3,(H2,17,18,19). The van der Waals surface area contributed by atoms with Gasteiger partial charge in [0.05, 0.1) is 5.69 Å². The summed E-state index contributed by atoms with van der Waals surface area (Å²) in [6.07, 6.45) is 0. The Labute approximate surface area is 116 Å². The van der Waals surface area contributed by atoms with E-state index in [-0.39, 0.29) is 5.92 Å². The fraction of sp³-hybridized carbons (Fsp3) is 0.286. The van der Waals surface area contributed by atoms with Crippen LogP contribution in [-0.2, 0) is 0 Å². The number of hydrogen-bond acceptors (Lipinski definition) is 3. The molecule has 0 unspecified atom stereocenters. The Kier molecular flexibility index (Phi) is 3.71. The highest BCUT2D eigenvalue weighted by molar-refractivity contribution is 6.30. The normalized spacial score (nSPS) is 11.1. The summed E-state index contributed by atoms with van der Waals surface area (Å²) in [6, 6.07) is 4.51. The van der Waals surface area contributed by atoms with E-state index in [4.69, 9.17) is 17.3 Å². The average Bonchev–Trinajstić information content (AvgIpc) is 2.33. The van der Waals surface area contributed by atoms with Crippen LogP contribution in [0.25, 0.3) is 11.3 Å². The van der Waals surface area contributed by atoms with E-state index < -0.39 is 5.82 Å². The summed E-state index contributed by atoms with van der Waals surface area (Å²) in [6.45, 7) is 5.71. The number of nitrogen functional groups attached to an aromatic ring is 1. The van der Waals surface area contributed by atoms with Gasteiger partial charge in [0.2, 0.25) is 0 Å². The summed E-state index contributed by atoms with van der Waals surface area (Å²) in [5.41, 5.74) is 7.45. The number of nitrogens with zero attached hydrogens (tertiary/aromatic N) is 2. The molecule has 0 aliphatic carbocycles. The first-order valence-corrected chi connectivity index (χ1v) is 6.37. The van der Waals surface area contributed by atoms with Gasteiger partial charge in [0.15, 0.2) is 0 Å². The fourth-order valence-corrected chi connectivity index (χ4v) is 1.91. The quantitative estimate of drug-likeness (QED) is 0.905. The van der Waals surface area contributed by atoms with Crippen molar-refractivity contribution < 1.29 is 4.39 Å². The van der Waals surface area contributed by atoms with Gasteiger partial charge < -0.3 is 5.73 Å². The van der Waals surface area contributed by atoms with Crippen molar-refractivity contribution in [2.75, 3.05) is 5.73 Å². The predicted octanol–water partition coefficient (Wildman–Crippen LogP) is 3.95. The summed E-state index contributed by atoms with van der Waals surface area (Å²) in [5, 5.41) is 0.352. The van der Waals surface area contributed by atoms with E-state index in [1.54, 1.807) is 19.1 Å². The van der Waals surface area contributed by atoms with Crippen molar-refractivity contribution in [1.82, 2.24) is 9.97 Å². The van der Waals surface area contributed by atoms with Gasteiger partial charge in [-0.05, 0) is 25.1 Å². The molecule has 0 amide bonds. The van der Waals surface area contributed by atoms with Crippen LogP contribution in [0.2, 0.25) is 5.02 Å². The minimum atomic E-state index is -0.414. The van der Waals surface area contributed by atoms with Gasteiger partial charge in [-0.1, -0.05) is 25.4 Å². The Morgan fingerprint density at radius 1 is 1.26 bits per heavy atom. The zero-order valence-corrected chi connectivity index (χ0v) is 11.8. The second kappa shape index (κ2) is 5.13. The highest BCUT2D eigenvalue weighted by Crippen LogP contribution is 2.29. The predicted molar refractivity (Wildman–Crippen MR) is 75.7 cm³/mol. The third-order valence-corrected chi connectivity index (χ3v) is 3.14. The lowest BCUT2D eigenvalue weighted by Crippen LogP contribution is -2.06. The molecule has 2 rings (SSSR count). The summed E-state index contributed by atoms with van der Waals surface area (Å²) < 4.78 is 14.0. The Bertz CT molecular complexity index is 626. The van der Waals surface area contributed by atoms with Crippen LogP contribution < -0.4 is 5.73 Å². The first kappa shape index (κ1) is 13.7. The van der Waals surface area contributed by atoms with E-state index in [2.05, 4.69) is 9.97 Å². The first-order chi connectivity index (χ1) is 8.90. The number of benzene rings is 1. The first-order valence-electron chi connectivity index (χ1n) is 5.99. The molecular formula is C14H15ClFN3. The molecule has 0 bridgehead atoms. The lowest BCUT2D eigenvalue weighted by Gasteiger charge is -2.12. The van der Waals surface area contributed by atoms with Crippen molar-refractivity contribution >= 4 is 17.4 Å². The van der Waals surface area contributed by atoms with E-state index in [1.807, 2.05) is 13.8 Å². The highest BCUT2D eigenvalue weighted by Gasteiger charge is 2.15. The van der Waals surface area contributed by atoms with Crippen LogP contribution in [0, 0.1) is 12.7 Å². The molecule has 2 N–H and O–H groups in total. The lowest BCUT2D eigenvalue weighted by atomic mass is 10.1. The maximum absolute atomic E-state index is 14.0. The van der Waals surface area contributed by atoms with Gasteiger partial charge in [-0.2, -0.15) is 0 Å². The van der Waals surface area contributed by atoms with Crippen LogP contribution in [0.3, 0.4) is 0 Å². The van der Waals surface area contributed by atoms with Gasteiger partial charge in [0.1, 0.15) is 17.5 Å². The van der Waals surface area contributed by atoms with E-state index in [1.165, 1.54) is 6.07 Å². The third-order valence-electron chi connectivity index (χ3n) is 2.90. The van der Waals surface area contributed by atoms with Crippen LogP contribution in [-0.4, -0.2) is 9.97 Å². The van der Waals surface area contributed by atoms with Crippen molar-refractivity contribution in [3.8, 4) is 11.3 Å². The van der Waals surface area contributed by atoms with Crippen LogP contribution in [0.15, 0.2) is 18.2 Å². The number of anilines is 1. The molecular weight excluding hydrogens is 265 g/mol. The molecule has 3 nitrogen and oxygen atoms in total.